The highest BCUT2D eigenvalue weighted by Crippen LogP contribution is 2.51. The lowest BCUT2D eigenvalue weighted by atomic mass is 9.84. The molecule has 0 aromatic carbocycles. The number of rotatable bonds is 2. The number of aromatic nitrogens is 2. The van der Waals surface area contributed by atoms with Gasteiger partial charge in [0.25, 0.3) is 0 Å². The van der Waals surface area contributed by atoms with Crippen molar-refractivity contribution in [3.05, 3.63) is 17.0 Å². The lowest BCUT2D eigenvalue weighted by Gasteiger charge is -2.32. The van der Waals surface area contributed by atoms with E-state index in [1.807, 2.05) is 20.8 Å². The predicted molar refractivity (Wildman–Crippen MR) is 77.1 cm³/mol. The van der Waals surface area contributed by atoms with Crippen molar-refractivity contribution >= 4 is 5.97 Å². The number of carbonyl (C=O) groups excluding carboxylic acids is 1. The van der Waals surface area contributed by atoms with Crippen LogP contribution in [0.5, 0.6) is 0 Å². The molecule has 3 aliphatic rings. The van der Waals surface area contributed by atoms with E-state index in [2.05, 4.69) is 10.2 Å². The molecular weight excluding hydrogens is 284 g/mol. The molecule has 6 nitrogen and oxygen atoms in total. The first-order valence-electron chi connectivity index (χ1n) is 7.93. The molecule has 0 radical (unpaired) electrons. The summed E-state index contributed by atoms with van der Waals surface area (Å²) in [5, 5.41) is 17.3. The highest BCUT2D eigenvalue weighted by atomic mass is 16.5. The Hall–Kier alpha value is -1.40. The molecule has 1 aromatic rings. The number of esters is 1. The molecule has 2 heterocycles. The third kappa shape index (κ3) is 1.93. The fourth-order valence-electron chi connectivity index (χ4n) is 4.34. The number of hydrogen-bond acceptors (Lipinski definition) is 5. The summed E-state index contributed by atoms with van der Waals surface area (Å²) < 4.78 is 11.4. The topological polar surface area (TPSA) is 84.4 Å². The van der Waals surface area contributed by atoms with Gasteiger partial charge in [-0.05, 0) is 51.9 Å². The SMILES string of the molecule is CC1(C)OCc2c(C(=O)O[C@@H]3C[C@H]4C[C@@H]3C[C@]4(C)O)n[nH]c21. The van der Waals surface area contributed by atoms with Crippen LogP contribution >= 0.6 is 0 Å². The van der Waals surface area contributed by atoms with Gasteiger partial charge in [-0.3, -0.25) is 5.10 Å². The van der Waals surface area contributed by atoms with Crippen molar-refractivity contribution in [2.24, 2.45) is 11.8 Å². The van der Waals surface area contributed by atoms with E-state index < -0.39 is 11.2 Å². The van der Waals surface area contributed by atoms with E-state index in [0.717, 1.165) is 24.1 Å². The molecular formula is C16H22N2O4. The Morgan fingerprint density at radius 1 is 1.41 bits per heavy atom. The summed E-state index contributed by atoms with van der Waals surface area (Å²) in [7, 11) is 0. The zero-order valence-electron chi connectivity index (χ0n) is 13.2. The summed E-state index contributed by atoms with van der Waals surface area (Å²) in [5.74, 6) is 0.127. The molecule has 0 saturated heterocycles. The van der Waals surface area contributed by atoms with Crippen molar-refractivity contribution in [2.75, 3.05) is 0 Å². The number of carbonyl (C=O) groups is 1. The van der Waals surface area contributed by atoms with E-state index >= 15 is 0 Å². The summed E-state index contributed by atoms with van der Waals surface area (Å²) in [6, 6.07) is 0. The summed E-state index contributed by atoms with van der Waals surface area (Å²) >= 11 is 0. The van der Waals surface area contributed by atoms with Crippen molar-refractivity contribution < 1.29 is 19.4 Å². The van der Waals surface area contributed by atoms with Crippen molar-refractivity contribution in [1.82, 2.24) is 10.2 Å². The molecule has 2 bridgehead atoms. The third-order valence-corrected chi connectivity index (χ3v) is 5.68. The van der Waals surface area contributed by atoms with Crippen molar-refractivity contribution in [3.63, 3.8) is 0 Å². The molecule has 22 heavy (non-hydrogen) atoms. The molecule has 2 aliphatic carbocycles. The molecule has 0 amide bonds. The highest BCUT2D eigenvalue weighted by Gasteiger charge is 2.53. The molecule has 2 fully saturated rings. The van der Waals surface area contributed by atoms with Crippen LogP contribution in [0.25, 0.3) is 0 Å². The maximum absolute atomic E-state index is 12.4. The molecule has 4 rings (SSSR count). The van der Waals surface area contributed by atoms with Crippen molar-refractivity contribution in [3.8, 4) is 0 Å². The molecule has 2 N–H and O–H groups in total. The first-order valence-corrected chi connectivity index (χ1v) is 7.93. The van der Waals surface area contributed by atoms with Crippen LogP contribution < -0.4 is 0 Å². The molecule has 1 aromatic heterocycles. The van der Waals surface area contributed by atoms with Gasteiger partial charge in [0.2, 0.25) is 0 Å². The second kappa shape index (κ2) is 4.32. The Bertz CT molecular complexity index is 634. The molecule has 0 spiro atoms. The van der Waals surface area contributed by atoms with Gasteiger partial charge in [0.15, 0.2) is 5.69 Å². The van der Waals surface area contributed by atoms with Gasteiger partial charge in [-0.1, -0.05) is 0 Å². The van der Waals surface area contributed by atoms with Crippen LogP contribution in [-0.2, 0) is 21.7 Å². The number of fused-ring (bicyclic) bond motifs is 3. The van der Waals surface area contributed by atoms with Gasteiger partial charge in [-0.2, -0.15) is 5.10 Å². The number of aliphatic hydroxyl groups is 1. The number of hydrogen-bond donors (Lipinski definition) is 2. The summed E-state index contributed by atoms with van der Waals surface area (Å²) in [4.78, 5) is 12.4. The van der Waals surface area contributed by atoms with E-state index in [0.29, 0.717) is 18.7 Å². The number of aromatic amines is 1. The van der Waals surface area contributed by atoms with Crippen molar-refractivity contribution in [1.29, 1.82) is 0 Å². The Balaban J connectivity index is 1.49. The van der Waals surface area contributed by atoms with E-state index in [1.54, 1.807) is 0 Å². The highest BCUT2D eigenvalue weighted by molar-refractivity contribution is 5.89. The van der Waals surface area contributed by atoms with Crippen LogP contribution in [-0.4, -0.2) is 33.0 Å². The Morgan fingerprint density at radius 3 is 2.82 bits per heavy atom. The maximum Gasteiger partial charge on any atom is 0.359 e. The number of H-pyrrole nitrogens is 1. The minimum atomic E-state index is -0.598. The van der Waals surface area contributed by atoms with Crippen LogP contribution in [0.4, 0.5) is 0 Å². The van der Waals surface area contributed by atoms with E-state index in [-0.39, 0.29) is 23.9 Å². The predicted octanol–water partition coefficient (Wildman–Crippen LogP) is 1.88. The molecule has 2 saturated carbocycles. The Morgan fingerprint density at radius 2 is 2.18 bits per heavy atom. The van der Waals surface area contributed by atoms with Crippen molar-refractivity contribution in [2.45, 2.75) is 63.9 Å². The van der Waals surface area contributed by atoms with Crippen LogP contribution in [0, 0.1) is 11.8 Å². The van der Waals surface area contributed by atoms with E-state index in [9.17, 15) is 9.90 Å². The van der Waals surface area contributed by atoms with Gasteiger partial charge in [-0.15, -0.1) is 0 Å². The minimum absolute atomic E-state index is 0.0968. The number of nitrogens with one attached hydrogen (secondary N) is 1. The van der Waals surface area contributed by atoms with Crippen LogP contribution in [0.3, 0.4) is 0 Å². The number of nitrogens with zero attached hydrogens (tertiary/aromatic N) is 1. The third-order valence-electron chi connectivity index (χ3n) is 5.68. The first kappa shape index (κ1) is 14.2. The molecule has 6 heteroatoms. The van der Waals surface area contributed by atoms with Crippen LogP contribution in [0.1, 0.15) is 61.8 Å². The van der Waals surface area contributed by atoms with Crippen LogP contribution in [0.2, 0.25) is 0 Å². The van der Waals surface area contributed by atoms with Gasteiger partial charge < -0.3 is 14.6 Å². The summed E-state index contributed by atoms with van der Waals surface area (Å²) in [6.07, 6.45) is 2.31. The van der Waals surface area contributed by atoms with Gasteiger partial charge >= 0.3 is 5.97 Å². The Kier molecular flexibility index (Phi) is 2.79. The average molecular weight is 306 g/mol. The second-order valence-electron chi connectivity index (χ2n) is 7.66. The first-order chi connectivity index (χ1) is 10.3. The monoisotopic (exact) mass is 306 g/mol. The summed E-state index contributed by atoms with van der Waals surface area (Å²) in [5.41, 5.74) is 0.973. The van der Waals surface area contributed by atoms with E-state index in [4.69, 9.17) is 9.47 Å². The van der Waals surface area contributed by atoms with E-state index in [1.165, 1.54) is 0 Å². The molecule has 0 unspecified atom stereocenters. The smallest absolute Gasteiger partial charge is 0.359 e. The standard InChI is InChI=1S/C16H22N2O4/c1-15(2)13-10(7-21-15)12(17-18-13)14(19)22-11-5-9-4-8(11)6-16(9,3)20/h8-9,11,20H,4-7H2,1-3H3,(H,17,18)/t8-,9-,11-,16+/m1/s1. The lowest BCUT2D eigenvalue weighted by Crippen LogP contribution is -2.37. The quantitative estimate of drug-likeness (QED) is 0.815. The molecule has 1 aliphatic heterocycles. The maximum atomic E-state index is 12.4. The summed E-state index contributed by atoms with van der Waals surface area (Å²) in [6.45, 7) is 6.17. The average Bonchev–Trinajstić information content (AvgIpc) is 3.11. The van der Waals surface area contributed by atoms with Gasteiger partial charge in [0.1, 0.15) is 11.7 Å². The lowest BCUT2D eigenvalue weighted by molar-refractivity contribution is -0.0408. The molecule has 120 valence electrons. The zero-order chi connectivity index (χ0) is 15.7. The van der Waals surface area contributed by atoms with Crippen LogP contribution in [0.15, 0.2) is 0 Å². The van der Waals surface area contributed by atoms with Gasteiger partial charge in [-0.25, -0.2) is 4.79 Å². The fraction of sp³-hybridized carbons (Fsp3) is 0.750. The zero-order valence-corrected chi connectivity index (χ0v) is 13.2. The fourth-order valence-corrected chi connectivity index (χ4v) is 4.34. The normalized spacial score (nSPS) is 38.3. The Labute approximate surface area is 129 Å². The van der Waals surface area contributed by atoms with Gasteiger partial charge in [0, 0.05) is 5.56 Å². The number of ether oxygens (including phenoxy) is 2. The molecule has 4 atom stereocenters. The largest absolute Gasteiger partial charge is 0.457 e. The van der Waals surface area contributed by atoms with Gasteiger partial charge in [0.05, 0.1) is 17.9 Å². The minimum Gasteiger partial charge on any atom is -0.457 e. The second-order valence-corrected chi connectivity index (χ2v) is 7.66.